The summed E-state index contributed by atoms with van der Waals surface area (Å²) in [4.78, 5) is 48.4. The Bertz CT molecular complexity index is 8220. The molecule has 0 aliphatic heterocycles. The average Bonchev–Trinajstić information content (AvgIpc) is 0.685. The number of carbonyl (C=O) groups is 2. The van der Waals surface area contributed by atoms with Crippen LogP contribution in [0.4, 0.5) is 28.7 Å². The van der Waals surface area contributed by atoms with Crippen molar-refractivity contribution in [2.75, 3.05) is 16.4 Å². The molecule has 2 aliphatic rings. The third kappa shape index (κ3) is 23.9. The van der Waals surface area contributed by atoms with E-state index in [1.165, 1.54) is 66.3 Å². The maximum Gasteiger partial charge on any atom is 0.194 e. The van der Waals surface area contributed by atoms with Gasteiger partial charge in [-0.25, -0.2) is 15.0 Å². The first-order valence-corrected chi connectivity index (χ1v) is 49.1. The standard InChI is InChI=1S/C34H22Cl2O2.C34H20Cl2.C14H6Cl2O2.C10H7Br.2C10H9N3.C5H4BrN.C5H6N2.CH4.B/c35-27-13-15-29-31(19-27)34(38,26-12-10-22-6-2-4-8-24(22)18-26)32-20-28(36)14-16-30(32)33(29,37)25-11-9-21-5-1-3-7-23(21)17-25;35-27-13-15-29-31(19-27)34(26-12-10-22-6-2-4-8-24(22)18-26)32-20-28(36)14-16-30(32)33(29)25-11-9-21-5-1-3-7-23(21)17-25;15-7-1-3-9-11(5-7)14(18)12-6-8(16)2-4-10(12)13(9)17;11-10-6-5-8-3-1-2-4-9(8)7-10;2*1-2-7-12-10(5-1)13-9-4-3-6-11-8-9;6-5-3-1-2-4-7-5;6-5-2-1-3-7-4-5;;/h1-20,37-38H;1-20H;1-6H;1-7H;2*1-8H,(H,12,13);1-4H;1-4H,6H2;1H4;. The lowest BCUT2D eigenvalue weighted by atomic mass is 9.63. The van der Waals surface area contributed by atoms with Crippen LogP contribution in [0.2, 0.25) is 30.1 Å². The van der Waals surface area contributed by atoms with Crippen molar-refractivity contribution in [3.05, 3.63) is 563 Å². The van der Waals surface area contributed by atoms with Crippen LogP contribution >= 0.6 is 101 Å². The van der Waals surface area contributed by atoms with Crippen LogP contribution in [-0.2, 0) is 11.2 Å². The Hall–Kier alpha value is -15.1. The first kappa shape index (κ1) is 103. The third-order valence-electron chi connectivity index (χ3n) is 24.1. The second-order valence-corrected chi connectivity index (χ2v) is 37.7. The zero-order valence-corrected chi connectivity index (χ0v) is 84.2. The molecule has 0 saturated heterocycles. The molecule has 0 bridgehead atoms. The molecular weight excluding hydrogens is 2050 g/mol. The predicted molar refractivity (Wildman–Crippen MR) is 610 cm³/mol. The number of aliphatic hydroxyl groups is 2. The maximum absolute atomic E-state index is 12.8. The van der Waals surface area contributed by atoms with Crippen molar-refractivity contribution in [2.45, 2.75) is 18.6 Å². The predicted octanol–water partition coefficient (Wildman–Crippen LogP) is 33.7. The molecule has 6 aromatic heterocycles. The van der Waals surface area contributed by atoms with Gasteiger partial charge in [-0.3, -0.25) is 24.5 Å². The Morgan fingerprint density at radius 2 is 0.614 bits per heavy atom. The van der Waals surface area contributed by atoms with Gasteiger partial charge in [0.15, 0.2) is 11.6 Å². The minimum absolute atomic E-state index is 0. The number of rotatable bonds is 8. The van der Waals surface area contributed by atoms with Gasteiger partial charge in [-0.2, -0.15) is 0 Å². The molecule has 0 fully saturated rings. The fourth-order valence-corrected chi connectivity index (χ4v) is 19.2. The van der Waals surface area contributed by atoms with Gasteiger partial charge < -0.3 is 26.6 Å². The number of halogens is 8. The maximum atomic E-state index is 12.8. The Balaban J connectivity index is 0.000000128. The van der Waals surface area contributed by atoms with Gasteiger partial charge in [0.05, 0.1) is 29.5 Å². The number of pyridine rings is 6. The van der Waals surface area contributed by atoms with Gasteiger partial charge in [0.2, 0.25) is 0 Å². The fourth-order valence-electron chi connectivity index (χ4n) is 17.5. The lowest BCUT2D eigenvalue weighted by molar-refractivity contribution is 0.0749. The third-order valence-corrected chi connectivity index (χ3v) is 26.5. The zero-order chi connectivity index (χ0) is 98.9. The van der Waals surface area contributed by atoms with Gasteiger partial charge in [-0.1, -0.05) is 311 Å². The summed E-state index contributed by atoms with van der Waals surface area (Å²) in [7, 11) is 0. The minimum Gasteiger partial charge on any atom is -0.397 e. The molecule has 6 heterocycles. The SMILES string of the molecule is Brc1ccc2ccccc2c1.Brc1ccccn1.C.Clc1ccc2c(-c3ccc4ccccc4c3)c3ccc(Cl)cc3c(-c3ccc4ccccc4c3)c2c1.Nc1cccnc1.O=C1c2ccc(Cl)cc2C(=O)c2cc(Cl)ccc21.OC1(c2ccc3ccccc3c2)c2ccc(Cl)cc2C(O)(c2ccc3ccccc3c2)c2cc(Cl)ccc21.[B].c1ccc(Nc2cccnc2)nc1.c1ccc(Nc2cccnc2)nc1. The van der Waals surface area contributed by atoms with Gasteiger partial charge in [0, 0.05) is 120 Å². The van der Waals surface area contributed by atoms with Crippen molar-refractivity contribution in [3.8, 4) is 22.3 Å². The van der Waals surface area contributed by atoms with Crippen molar-refractivity contribution in [1.29, 1.82) is 0 Å². The number of ketones is 2. The van der Waals surface area contributed by atoms with Gasteiger partial charge in [0.1, 0.15) is 27.4 Å². The van der Waals surface area contributed by atoms with Crippen LogP contribution in [0.1, 0.15) is 72.7 Å². The van der Waals surface area contributed by atoms with E-state index in [0.717, 1.165) is 85.6 Å². The number of nitrogens with zero attached hydrogens (tertiary/aromatic N) is 6. The van der Waals surface area contributed by atoms with Crippen LogP contribution < -0.4 is 16.4 Å². The van der Waals surface area contributed by atoms with Crippen molar-refractivity contribution in [1.82, 2.24) is 29.9 Å². The largest absolute Gasteiger partial charge is 0.397 e. The lowest BCUT2D eigenvalue weighted by Gasteiger charge is -2.45. The number of hydrogen-bond donors (Lipinski definition) is 5. The Morgan fingerprint density at radius 3 is 0.986 bits per heavy atom. The summed E-state index contributed by atoms with van der Waals surface area (Å²) < 4.78 is 2.02. The smallest absolute Gasteiger partial charge is 0.194 e. The molecule has 3 radical (unpaired) electrons. The summed E-state index contributed by atoms with van der Waals surface area (Å²) >= 11 is 44.6. The topological polar surface area (TPSA) is 202 Å². The van der Waals surface area contributed by atoms with Crippen LogP contribution in [0.3, 0.4) is 0 Å². The van der Waals surface area contributed by atoms with E-state index in [1.807, 2.05) is 188 Å². The molecule has 0 atom stereocenters. The quantitative estimate of drug-likeness (QED) is 0.0547. The average molecular weight is 2140 g/mol. The van der Waals surface area contributed by atoms with Crippen LogP contribution in [-0.4, -0.2) is 60.1 Å². The number of anilines is 5. The number of hydrogen-bond acceptors (Lipinski definition) is 13. The van der Waals surface area contributed by atoms with Crippen molar-refractivity contribution in [2.24, 2.45) is 0 Å². The Morgan fingerprint density at radius 1 is 0.276 bits per heavy atom. The van der Waals surface area contributed by atoms with Crippen LogP contribution in [0.25, 0.3) is 97.7 Å². The molecule has 0 amide bonds. The van der Waals surface area contributed by atoms with E-state index >= 15 is 0 Å². The molecule has 0 saturated carbocycles. The van der Waals surface area contributed by atoms with E-state index in [1.54, 1.807) is 116 Å². The Kier molecular flexibility index (Phi) is 33.6. The summed E-state index contributed by atoms with van der Waals surface area (Å²) in [5.41, 5.74) is 14.4. The Labute approximate surface area is 887 Å². The highest BCUT2D eigenvalue weighted by molar-refractivity contribution is 9.10. The molecule has 25 rings (SSSR count). The van der Waals surface area contributed by atoms with E-state index in [2.05, 4.69) is 224 Å². The van der Waals surface area contributed by atoms with Crippen LogP contribution in [0.15, 0.2) is 477 Å². The number of nitrogens with two attached hydrogens (primary N) is 1. The fraction of sp³-hybridized carbons (Fsp3) is 0.0244. The second-order valence-electron chi connectivity index (χ2n) is 33.3. The first-order chi connectivity index (χ1) is 69.7. The summed E-state index contributed by atoms with van der Waals surface area (Å²) in [6, 6.07) is 134. The van der Waals surface area contributed by atoms with E-state index in [4.69, 9.17) is 75.3 Å². The molecule has 22 heteroatoms. The molecular formula is C123H87BBr2Cl6N9O4. The van der Waals surface area contributed by atoms with Gasteiger partial charge in [-0.15, -0.1) is 0 Å². The number of fused-ring (bicyclic) bond motifs is 11. The molecule has 0 spiro atoms. The lowest BCUT2D eigenvalue weighted by Crippen LogP contribution is -2.44. The molecule has 707 valence electrons. The number of benzene rings is 17. The molecule has 6 N–H and O–H groups in total. The van der Waals surface area contributed by atoms with E-state index in [0.29, 0.717) is 81.4 Å². The molecule has 23 aromatic rings. The number of carbonyl (C=O) groups excluding carboxylic acids is 2. The van der Waals surface area contributed by atoms with Gasteiger partial charge >= 0.3 is 0 Å². The molecule has 0 unspecified atom stereocenters. The first-order valence-electron chi connectivity index (χ1n) is 45.3. The zero-order valence-electron chi connectivity index (χ0n) is 76.5. The van der Waals surface area contributed by atoms with Gasteiger partial charge in [0.25, 0.3) is 0 Å². The second kappa shape index (κ2) is 47.4. The summed E-state index contributed by atoms with van der Waals surface area (Å²) in [5, 5.41) is 51.2. The number of nitrogen functional groups attached to an aromatic ring is 1. The monoisotopic (exact) mass is 2130 g/mol. The van der Waals surface area contributed by atoms with Crippen LogP contribution in [0.5, 0.6) is 0 Å². The summed E-state index contributed by atoms with van der Waals surface area (Å²) in [6.45, 7) is 0. The molecule has 2 aliphatic carbocycles. The van der Waals surface area contributed by atoms with Crippen molar-refractivity contribution < 1.29 is 19.8 Å². The molecule has 13 nitrogen and oxygen atoms in total. The molecule has 145 heavy (non-hydrogen) atoms. The van der Waals surface area contributed by atoms with Crippen molar-refractivity contribution in [3.63, 3.8) is 0 Å². The van der Waals surface area contributed by atoms with Crippen LogP contribution in [0, 0.1) is 0 Å². The van der Waals surface area contributed by atoms with E-state index < -0.39 is 11.2 Å². The summed E-state index contributed by atoms with van der Waals surface area (Å²) in [5.74, 6) is 1.27. The molecule has 17 aromatic carbocycles. The van der Waals surface area contributed by atoms with E-state index in [-0.39, 0.29) is 27.4 Å². The highest BCUT2D eigenvalue weighted by Crippen LogP contribution is 2.55. The normalized spacial score (nSPS) is 13.2. The number of aromatic nitrogens is 6. The summed E-state index contributed by atoms with van der Waals surface area (Å²) in [6.07, 6.45) is 15.5. The van der Waals surface area contributed by atoms with Gasteiger partial charge in [-0.05, 0) is 330 Å². The number of nitrogens with one attached hydrogen (secondary N) is 2. The highest BCUT2D eigenvalue weighted by atomic mass is 79.9. The highest BCUT2D eigenvalue weighted by Gasteiger charge is 2.51. The van der Waals surface area contributed by atoms with E-state index in [9.17, 15) is 19.8 Å². The minimum atomic E-state index is -1.60. The van der Waals surface area contributed by atoms with Crippen molar-refractivity contribution >= 4 is 226 Å².